The number of alkyl halides is 2. The van der Waals surface area contributed by atoms with Crippen LogP contribution in [0.2, 0.25) is 5.02 Å². The Labute approximate surface area is 150 Å². The first kappa shape index (κ1) is 19.5. The van der Waals surface area contributed by atoms with Crippen LogP contribution in [0, 0.1) is 12.7 Å². The number of amides is 1. The molecule has 0 aliphatic carbocycles. The fourth-order valence-corrected chi connectivity index (χ4v) is 2.50. The number of nitrogens with one attached hydrogen (secondary N) is 1. The molecule has 1 amide bonds. The minimum atomic E-state index is -3.24. The molecule has 0 saturated carbocycles. The maximum absolute atomic E-state index is 14.3. The van der Waals surface area contributed by atoms with Crippen LogP contribution >= 0.6 is 11.6 Å². The minimum absolute atomic E-state index is 0.0346. The summed E-state index contributed by atoms with van der Waals surface area (Å²) in [6.07, 6.45) is 1.39. The maximum atomic E-state index is 14.3. The SMILES string of the molecule is C=CCNC(=O)c1cc(-n2c(=O)cc(C)n(C(F)F)c2=O)c(F)cc1Cl. The summed E-state index contributed by atoms with van der Waals surface area (Å²) in [4.78, 5) is 36.5. The lowest BCUT2D eigenvalue weighted by Gasteiger charge is -2.14. The van der Waals surface area contributed by atoms with Gasteiger partial charge in [-0.2, -0.15) is 8.78 Å². The number of benzene rings is 1. The summed E-state index contributed by atoms with van der Waals surface area (Å²) in [6.45, 7) is 1.41. The Kier molecular flexibility index (Phi) is 5.71. The van der Waals surface area contributed by atoms with Crippen molar-refractivity contribution in [2.24, 2.45) is 0 Å². The van der Waals surface area contributed by atoms with Gasteiger partial charge >= 0.3 is 12.2 Å². The van der Waals surface area contributed by atoms with Crippen LogP contribution in [0.1, 0.15) is 22.6 Å². The Bertz CT molecular complexity index is 999. The monoisotopic (exact) mass is 387 g/mol. The zero-order chi connectivity index (χ0) is 19.6. The van der Waals surface area contributed by atoms with Crippen molar-refractivity contribution >= 4 is 17.5 Å². The van der Waals surface area contributed by atoms with Gasteiger partial charge in [0.15, 0.2) is 0 Å². The first-order chi connectivity index (χ1) is 12.2. The zero-order valence-electron chi connectivity index (χ0n) is 13.4. The lowest BCUT2D eigenvalue weighted by Crippen LogP contribution is -2.40. The van der Waals surface area contributed by atoms with Gasteiger partial charge in [0.05, 0.1) is 16.3 Å². The fraction of sp³-hybridized carbons (Fsp3) is 0.188. The number of rotatable bonds is 5. The Morgan fingerprint density at radius 1 is 1.35 bits per heavy atom. The molecular formula is C16H13ClF3N3O3. The lowest BCUT2D eigenvalue weighted by molar-refractivity contribution is 0.0615. The molecule has 0 fully saturated rings. The Balaban J connectivity index is 2.76. The van der Waals surface area contributed by atoms with E-state index in [4.69, 9.17) is 11.6 Å². The van der Waals surface area contributed by atoms with E-state index in [0.717, 1.165) is 25.1 Å². The molecule has 0 atom stereocenters. The lowest BCUT2D eigenvalue weighted by atomic mass is 10.1. The van der Waals surface area contributed by atoms with Gasteiger partial charge in [0.2, 0.25) is 0 Å². The molecule has 0 bridgehead atoms. The number of nitrogens with zero attached hydrogens (tertiary/aromatic N) is 2. The Morgan fingerprint density at radius 2 is 2.00 bits per heavy atom. The standard InChI is InChI=1S/C16H13ClF3N3O3/c1-3-4-21-14(25)9-6-12(11(18)7-10(9)17)23-13(24)5-8(2)22(15(19)20)16(23)26/h3,5-7,15H,1,4H2,2H3,(H,21,25). The molecule has 0 spiro atoms. The molecule has 138 valence electrons. The van der Waals surface area contributed by atoms with Crippen LogP contribution in [0.15, 0.2) is 40.4 Å². The van der Waals surface area contributed by atoms with Gasteiger partial charge in [0.1, 0.15) is 5.82 Å². The fourth-order valence-electron chi connectivity index (χ4n) is 2.27. The number of carbonyl (C=O) groups excluding carboxylic acids is 1. The molecular weight excluding hydrogens is 375 g/mol. The predicted octanol–water partition coefficient (Wildman–Crippen LogP) is 2.41. The van der Waals surface area contributed by atoms with Gasteiger partial charge in [-0.3, -0.25) is 9.59 Å². The van der Waals surface area contributed by atoms with E-state index in [-0.39, 0.29) is 32.0 Å². The predicted molar refractivity (Wildman–Crippen MR) is 89.8 cm³/mol. The van der Waals surface area contributed by atoms with E-state index in [9.17, 15) is 27.6 Å². The molecule has 2 rings (SSSR count). The van der Waals surface area contributed by atoms with Gasteiger partial charge in [-0.1, -0.05) is 17.7 Å². The first-order valence-electron chi connectivity index (χ1n) is 7.21. The third-order valence-electron chi connectivity index (χ3n) is 3.45. The van der Waals surface area contributed by atoms with Gasteiger partial charge < -0.3 is 5.32 Å². The van der Waals surface area contributed by atoms with Gasteiger partial charge in [0, 0.05) is 18.3 Å². The summed E-state index contributed by atoms with van der Waals surface area (Å²) >= 11 is 5.83. The minimum Gasteiger partial charge on any atom is -0.349 e. The molecule has 0 saturated heterocycles. The normalized spacial score (nSPS) is 10.8. The van der Waals surface area contributed by atoms with Crippen LogP contribution in [-0.4, -0.2) is 21.6 Å². The van der Waals surface area contributed by atoms with Crippen LogP contribution in [0.3, 0.4) is 0 Å². The van der Waals surface area contributed by atoms with Gasteiger partial charge in [-0.25, -0.2) is 18.3 Å². The topological polar surface area (TPSA) is 73.1 Å². The van der Waals surface area contributed by atoms with E-state index in [0.29, 0.717) is 0 Å². The molecule has 0 aliphatic heterocycles. The molecule has 0 radical (unpaired) electrons. The number of aryl methyl sites for hydroxylation is 1. The number of hydrogen-bond acceptors (Lipinski definition) is 3. The summed E-state index contributed by atoms with van der Waals surface area (Å²) in [5.41, 5.74) is -3.65. The van der Waals surface area contributed by atoms with Gasteiger partial charge in [-0.05, 0) is 19.1 Å². The molecule has 0 unspecified atom stereocenters. The molecule has 0 aliphatic rings. The summed E-state index contributed by atoms with van der Waals surface area (Å²) < 4.78 is 40.7. The van der Waals surface area contributed by atoms with Gasteiger partial charge in [-0.15, -0.1) is 6.58 Å². The van der Waals surface area contributed by atoms with E-state index in [1.54, 1.807) is 0 Å². The summed E-state index contributed by atoms with van der Waals surface area (Å²) in [5, 5.41) is 2.13. The average Bonchev–Trinajstić information content (AvgIpc) is 2.53. The largest absolute Gasteiger partial charge is 0.349 e. The van der Waals surface area contributed by atoms with Crippen LogP contribution in [0.4, 0.5) is 13.2 Å². The van der Waals surface area contributed by atoms with E-state index in [1.807, 2.05) is 0 Å². The van der Waals surface area contributed by atoms with Crippen molar-refractivity contribution in [3.8, 4) is 5.69 Å². The number of hydrogen-bond donors (Lipinski definition) is 1. The summed E-state index contributed by atoms with van der Waals surface area (Å²) in [5.74, 6) is -1.84. The average molecular weight is 388 g/mol. The summed E-state index contributed by atoms with van der Waals surface area (Å²) in [7, 11) is 0. The molecule has 26 heavy (non-hydrogen) atoms. The van der Waals surface area contributed by atoms with Crippen LogP contribution < -0.4 is 16.6 Å². The van der Waals surface area contributed by atoms with Crippen molar-refractivity contribution in [3.63, 3.8) is 0 Å². The van der Waals surface area contributed by atoms with Crippen molar-refractivity contribution < 1.29 is 18.0 Å². The van der Waals surface area contributed by atoms with E-state index < -0.39 is 35.2 Å². The number of carbonyl (C=O) groups is 1. The molecule has 1 heterocycles. The summed E-state index contributed by atoms with van der Waals surface area (Å²) in [6, 6.07) is 2.33. The maximum Gasteiger partial charge on any atom is 0.340 e. The van der Waals surface area contributed by atoms with Crippen LogP contribution in [-0.2, 0) is 0 Å². The van der Waals surface area contributed by atoms with Crippen molar-refractivity contribution in [3.05, 3.63) is 73.8 Å². The van der Waals surface area contributed by atoms with E-state index in [2.05, 4.69) is 11.9 Å². The van der Waals surface area contributed by atoms with E-state index in [1.165, 1.54) is 6.08 Å². The smallest absolute Gasteiger partial charge is 0.340 e. The first-order valence-corrected chi connectivity index (χ1v) is 7.58. The highest BCUT2D eigenvalue weighted by Crippen LogP contribution is 2.22. The van der Waals surface area contributed by atoms with Crippen molar-refractivity contribution in [1.29, 1.82) is 0 Å². The molecule has 2 aromatic rings. The molecule has 6 nitrogen and oxygen atoms in total. The number of aromatic nitrogens is 2. The zero-order valence-corrected chi connectivity index (χ0v) is 14.2. The van der Waals surface area contributed by atoms with Crippen molar-refractivity contribution in [1.82, 2.24) is 14.5 Å². The highest BCUT2D eigenvalue weighted by atomic mass is 35.5. The molecule has 1 N–H and O–H groups in total. The van der Waals surface area contributed by atoms with Crippen LogP contribution in [0.5, 0.6) is 0 Å². The molecule has 1 aromatic heterocycles. The molecule has 10 heteroatoms. The second-order valence-corrected chi connectivity index (χ2v) is 5.58. The van der Waals surface area contributed by atoms with Gasteiger partial charge in [0.25, 0.3) is 11.5 Å². The second kappa shape index (κ2) is 7.61. The molecule has 1 aromatic carbocycles. The Morgan fingerprint density at radius 3 is 2.58 bits per heavy atom. The van der Waals surface area contributed by atoms with Crippen LogP contribution in [0.25, 0.3) is 5.69 Å². The van der Waals surface area contributed by atoms with Crippen molar-refractivity contribution in [2.45, 2.75) is 13.5 Å². The Hall–Kier alpha value is -2.81. The second-order valence-electron chi connectivity index (χ2n) is 5.17. The van der Waals surface area contributed by atoms with Crippen molar-refractivity contribution in [2.75, 3.05) is 6.54 Å². The quantitative estimate of drug-likeness (QED) is 0.801. The highest BCUT2D eigenvalue weighted by Gasteiger charge is 2.21. The number of halogens is 4. The third-order valence-corrected chi connectivity index (χ3v) is 3.77. The highest BCUT2D eigenvalue weighted by molar-refractivity contribution is 6.34. The van der Waals surface area contributed by atoms with E-state index >= 15 is 0 Å². The third kappa shape index (κ3) is 3.57.